The third kappa shape index (κ3) is 4.42. The number of nitrogens with zero attached hydrogens (tertiary/aromatic N) is 3. The Balaban J connectivity index is 1.82. The van der Waals surface area contributed by atoms with E-state index < -0.39 is 10.2 Å². The van der Waals surface area contributed by atoms with Gasteiger partial charge in [-0.15, -0.1) is 0 Å². The molecule has 1 aliphatic rings. The second-order valence-electron chi connectivity index (χ2n) is 6.72. The highest BCUT2D eigenvalue weighted by Gasteiger charge is 2.26. The molecule has 0 aromatic heterocycles. The van der Waals surface area contributed by atoms with Crippen LogP contribution in [0.15, 0.2) is 42.5 Å². The van der Waals surface area contributed by atoms with Crippen molar-refractivity contribution in [3.05, 3.63) is 48.0 Å². The zero-order valence-corrected chi connectivity index (χ0v) is 16.3. The molecule has 0 radical (unpaired) electrons. The lowest BCUT2D eigenvalue weighted by molar-refractivity contribution is 0.0360. The molecule has 2 aromatic carbocycles. The van der Waals surface area contributed by atoms with E-state index in [1.54, 1.807) is 18.4 Å². The molecule has 6 nitrogen and oxygen atoms in total. The van der Waals surface area contributed by atoms with Gasteiger partial charge in [0.1, 0.15) is 0 Å². The van der Waals surface area contributed by atoms with Crippen molar-refractivity contribution >= 4 is 21.0 Å². The van der Waals surface area contributed by atoms with Gasteiger partial charge >= 0.3 is 0 Å². The average Bonchev–Trinajstić information content (AvgIpc) is 2.65. The predicted octanol–water partition coefficient (Wildman–Crippen LogP) is 1.78. The summed E-state index contributed by atoms with van der Waals surface area (Å²) in [6.45, 7) is 4.67. The smallest absolute Gasteiger partial charge is 0.281 e. The molecule has 1 saturated heterocycles. The summed E-state index contributed by atoms with van der Waals surface area (Å²) in [6, 6.07) is 14.1. The molecule has 1 fully saturated rings. The normalized spacial score (nSPS) is 16.6. The second kappa shape index (κ2) is 8.45. The van der Waals surface area contributed by atoms with Gasteiger partial charge in [0.05, 0.1) is 13.2 Å². The van der Waals surface area contributed by atoms with Gasteiger partial charge in [0.25, 0.3) is 10.2 Å². The van der Waals surface area contributed by atoms with E-state index in [2.05, 4.69) is 17.0 Å². The molecule has 3 rings (SSSR count). The van der Waals surface area contributed by atoms with Gasteiger partial charge in [0.15, 0.2) is 0 Å². The molecule has 7 heteroatoms. The van der Waals surface area contributed by atoms with Crippen LogP contribution in [0.2, 0.25) is 0 Å². The summed E-state index contributed by atoms with van der Waals surface area (Å²) in [7, 11) is -0.331. The fourth-order valence-corrected chi connectivity index (χ4v) is 4.28. The van der Waals surface area contributed by atoms with Crippen molar-refractivity contribution < 1.29 is 13.2 Å². The van der Waals surface area contributed by atoms with Crippen molar-refractivity contribution in [2.75, 3.05) is 53.5 Å². The molecular weight excluding hydrogens is 350 g/mol. The zero-order chi connectivity index (χ0) is 18.6. The van der Waals surface area contributed by atoms with Gasteiger partial charge in [-0.1, -0.05) is 42.5 Å². The van der Waals surface area contributed by atoms with E-state index in [1.807, 2.05) is 30.3 Å². The highest BCUT2D eigenvalue weighted by Crippen LogP contribution is 2.21. The van der Waals surface area contributed by atoms with E-state index >= 15 is 0 Å². The number of hydrogen-bond donors (Lipinski definition) is 0. The summed E-state index contributed by atoms with van der Waals surface area (Å²) in [5.41, 5.74) is 1.02. The quantitative estimate of drug-likeness (QED) is 0.738. The van der Waals surface area contributed by atoms with Gasteiger partial charge in [-0.3, -0.25) is 4.90 Å². The number of hydrogen-bond acceptors (Lipinski definition) is 4. The monoisotopic (exact) mass is 377 g/mol. The largest absolute Gasteiger partial charge is 0.379 e. The first kappa shape index (κ1) is 19.3. The molecule has 1 heterocycles. The van der Waals surface area contributed by atoms with E-state index in [1.165, 1.54) is 4.31 Å². The summed E-state index contributed by atoms with van der Waals surface area (Å²) >= 11 is 0. The Bertz CT molecular complexity index is 828. The molecular formula is C19H27N3O3S. The topological polar surface area (TPSA) is 53.1 Å². The van der Waals surface area contributed by atoms with Gasteiger partial charge in [-0.05, 0) is 16.3 Å². The Kier molecular flexibility index (Phi) is 6.26. The Morgan fingerprint density at radius 1 is 1.04 bits per heavy atom. The second-order valence-corrected chi connectivity index (χ2v) is 8.86. The first-order valence-corrected chi connectivity index (χ1v) is 10.3. The van der Waals surface area contributed by atoms with Crippen LogP contribution in [0.3, 0.4) is 0 Å². The van der Waals surface area contributed by atoms with E-state index in [4.69, 9.17) is 4.74 Å². The predicted molar refractivity (Wildman–Crippen MR) is 104 cm³/mol. The minimum Gasteiger partial charge on any atom is -0.379 e. The number of morpholine rings is 1. The van der Waals surface area contributed by atoms with Crippen LogP contribution < -0.4 is 0 Å². The van der Waals surface area contributed by atoms with Gasteiger partial charge in [0, 0.05) is 46.8 Å². The van der Waals surface area contributed by atoms with Crippen LogP contribution in [0.4, 0.5) is 0 Å². The van der Waals surface area contributed by atoms with E-state index in [0.717, 1.165) is 29.4 Å². The lowest BCUT2D eigenvalue weighted by atomic mass is 10.0. The Morgan fingerprint density at radius 2 is 1.73 bits per heavy atom. The lowest BCUT2D eigenvalue weighted by Gasteiger charge is -2.31. The molecule has 0 atom stereocenters. The molecule has 1 aliphatic heterocycles. The number of fused-ring (bicyclic) bond motifs is 1. The van der Waals surface area contributed by atoms with Gasteiger partial charge in [-0.2, -0.15) is 17.0 Å². The third-order valence-electron chi connectivity index (χ3n) is 4.78. The fourth-order valence-electron chi connectivity index (χ4n) is 3.21. The summed E-state index contributed by atoms with van der Waals surface area (Å²) in [5.74, 6) is 0. The Hall–Kier alpha value is -1.51. The molecule has 0 spiro atoms. The zero-order valence-electron chi connectivity index (χ0n) is 15.5. The molecule has 0 saturated carbocycles. The van der Waals surface area contributed by atoms with Gasteiger partial charge in [0.2, 0.25) is 0 Å². The molecule has 26 heavy (non-hydrogen) atoms. The van der Waals surface area contributed by atoms with Crippen LogP contribution in [-0.2, 0) is 21.5 Å². The average molecular weight is 378 g/mol. The van der Waals surface area contributed by atoms with Gasteiger partial charge < -0.3 is 4.74 Å². The molecule has 0 unspecified atom stereocenters. The van der Waals surface area contributed by atoms with Crippen molar-refractivity contribution in [3.63, 3.8) is 0 Å². The maximum Gasteiger partial charge on any atom is 0.281 e. The minimum atomic E-state index is -3.50. The third-order valence-corrected chi connectivity index (χ3v) is 6.67. The summed E-state index contributed by atoms with van der Waals surface area (Å²) < 4.78 is 33.9. The fraction of sp³-hybridized carbons (Fsp3) is 0.474. The Morgan fingerprint density at radius 3 is 2.46 bits per heavy atom. The highest BCUT2D eigenvalue weighted by atomic mass is 32.2. The van der Waals surface area contributed by atoms with Gasteiger partial charge in [-0.25, -0.2) is 0 Å². The van der Waals surface area contributed by atoms with Crippen LogP contribution >= 0.6 is 0 Å². The highest BCUT2D eigenvalue weighted by molar-refractivity contribution is 7.86. The molecule has 0 aliphatic carbocycles. The van der Waals surface area contributed by atoms with Crippen molar-refractivity contribution in [2.45, 2.75) is 6.54 Å². The van der Waals surface area contributed by atoms with Crippen LogP contribution in [0.5, 0.6) is 0 Å². The standard InChI is InChI=1S/C19H27N3O3S/c1-20(2)26(23,24)22(11-10-21-12-14-25-15-13-21)16-18-8-5-7-17-6-3-4-9-19(17)18/h3-9H,10-16H2,1-2H3. The molecule has 0 bridgehead atoms. The van der Waals surface area contributed by atoms with Crippen LogP contribution in [-0.4, -0.2) is 75.4 Å². The molecule has 142 valence electrons. The van der Waals surface area contributed by atoms with Crippen LogP contribution in [0.1, 0.15) is 5.56 Å². The van der Waals surface area contributed by atoms with Crippen LogP contribution in [0, 0.1) is 0 Å². The van der Waals surface area contributed by atoms with E-state index in [9.17, 15) is 8.42 Å². The number of rotatable bonds is 7. The van der Waals surface area contributed by atoms with Crippen molar-refractivity contribution in [1.82, 2.24) is 13.5 Å². The molecule has 2 aromatic rings. The lowest BCUT2D eigenvalue weighted by Crippen LogP contribution is -2.45. The molecule has 0 amide bonds. The van der Waals surface area contributed by atoms with Crippen molar-refractivity contribution in [1.29, 1.82) is 0 Å². The maximum atomic E-state index is 12.9. The van der Waals surface area contributed by atoms with Crippen LogP contribution in [0.25, 0.3) is 10.8 Å². The number of benzene rings is 2. The SMILES string of the molecule is CN(C)S(=O)(=O)N(CCN1CCOCC1)Cc1cccc2ccccc12. The molecule has 0 N–H and O–H groups in total. The first-order valence-electron chi connectivity index (χ1n) is 8.93. The summed E-state index contributed by atoms with van der Waals surface area (Å²) in [6.07, 6.45) is 0. The summed E-state index contributed by atoms with van der Waals surface area (Å²) in [4.78, 5) is 2.25. The number of ether oxygens (including phenoxy) is 1. The van der Waals surface area contributed by atoms with Crippen molar-refractivity contribution in [2.24, 2.45) is 0 Å². The summed E-state index contributed by atoms with van der Waals surface area (Å²) in [5, 5.41) is 2.22. The van der Waals surface area contributed by atoms with E-state index in [0.29, 0.717) is 32.8 Å². The maximum absolute atomic E-state index is 12.9. The first-order chi connectivity index (χ1) is 12.5. The Labute approximate surface area is 156 Å². The van der Waals surface area contributed by atoms with E-state index in [-0.39, 0.29) is 0 Å². The van der Waals surface area contributed by atoms with Crippen molar-refractivity contribution in [3.8, 4) is 0 Å². The minimum absolute atomic E-state index is 0.367.